The third kappa shape index (κ3) is 7.07. The van der Waals surface area contributed by atoms with Crippen molar-refractivity contribution in [2.75, 3.05) is 19.0 Å². The number of carbonyl (C=O) groups is 1. The molecule has 0 aliphatic rings. The van der Waals surface area contributed by atoms with Crippen molar-refractivity contribution in [3.8, 4) is 17.2 Å². The fourth-order valence-corrected chi connectivity index (χ4v) is 1.17. The Hall–Kier alpha value is -1.64. The molecule has 0 aliphatic carbocycles. The third-order valence-corrected chi connectivity index (χ3v) is 2.59. The first-order valence-electron chi connectivity index (χ1n) is 6.19. The number of thiol groups is 1. The van der Waals surface area contributed by atoms with Crippen LogP contribution in [0.2, 0.25) is 0 Å². The summed E-state index contributed by atoms with van der Waals surface area (Å²) in [4.78, 5) is 11.3. The van der Waals surface area contributed by atoms with E-state index in [0.29, 0.717) is 12.2 Å². The molecule has 0 amide bonds. The number of phenols is 3. The van der Waals surface area contributed by atoms with Gasteiger partial charge < -0.3 is 30.3 Å². The summed E-state index contributed by atoms with van der Waals surface area (Å²) in [6.45, 7) is 1.92. The number of esters is 1. The molecule has 1 aromatic rings. The minimum Gasteiger partial charge on any atom is -0.504 e. The Morgan fingerprint density at radius 1 is 1.29 bits per heavy atom. The summed E-state index contributed by atoms with van der Waals surface area (Å²) in [6, 6.07) is 2.07. The van der Waals surface area contributed by atoms with Gasteiger partial charge in [0, 0.05) is 5.75 Å². The smallest absolute Gasteiger partial charge is 0.338 e. The lowest BCUT2D eigenvalue weighted by Gasteiger charge is -2.05. The molecule has 120 valence electrons. The van der Waals surface area contributed by atoms with E-state index in [9.17, 15) is 4.79 Å². The van der Waals surface area contributed by atoms with Gasteiger partial charge in [0.2, 0.25) is 0 Å². The van der Waals surface area contributed by atoms with E-state index in [-0.39, 0.29) is 18.8 Å². The van der Waals surface area contributed by atoms with E-state index < -0.39 is 29.3 Å². The van der Waals surface area contributed by atoms with Crippen molar-refractivity contribution in [1.29, 1.82) is 0 Å². The first-order valence-corrected chi connectivity index (χ1v) is 6.82. The van der Waals surface area contributed by atoms with E-state index >= 15 is 0 Å². The molecule has 1 atom stereocenters. The van der Waals surface area contributed by atoms with Gasteiger partial charge in [-0.2, -0.15) is 12.6 Å². The van der Waals surface area contributed by atoms with Crippen LogP contribution in [-0.2, 0) is 4.74 Å². The molecule has 5 N–H and O–H groups in total. The van der Waals surface area contributed by atoms with E-state index in [1.54, 1.807) is 0 Å². The number of hydrogen-bond acceptors (Lipinski definition) is 8. The van der Waals surface area contributed by atoms with Gasteiger partial charge in [-0.05, 0) is 18.6 Å². The van der Waals surface area contributed by atoms with E-state index in [2.05, 4.69) is 12.6 Å². The topological polar surface area (TPSA) is 127 Å². The Morgan fingerprint density at radius 3 is 2.14 bits per heavy atom. The number of benzene rings is 1. The summed E-state index contributed by atoms with van der Waals surface area (Å²) in [7, 11) is 0. The average Bonchev–Trinajstić information content (AvgIpc) is 2.49. The zero-order chi connectivity index (χ0) is 16.4. The Labute approximate surface area is 127 Å². The molecular formula is C13H20O7S. The second-order valence-electron chi connectivity index (χ2n) is 4.02. The Kier molecular flexibility index (Phi) is 9.35. The Bertz CT molecular complexity index is 423. The molecule has 1 unspecified atom stereocenters. The number of phenolic OH excluding ortho intramolecular Hbond substituents is 3. The molecule has 0 aliphatic heterocycles. The lowest BCUT2D eigenvalue weighted by atomic mass is 10.2. The van der Waals surface area contributed by atoms with Crippen LogP contribution in [0.1, 0.15) is 23.7 Å². The van der Waals surface area contributed by atoms with Crippen molar-refractivity contribution in [2.45, 2.75) is 19.4 Å². The van der Waals surface area contributed by atoms with Crippen LogP contribution in [0.5, 0.6) is 17.2 Å². The van der Waals surface area contributed by atoms with E-state index in [4.69, 9.17) is 30.3 Å². The van der Waals surface area contributed by atoms with Crippen LogP contribution in [-0.4, -0.2) is 56.6 Å². The number of aliphatic hydroxyl groups is 2. The summed E-state index contributed by atoms with van der Waals surface area (Å²) in [5.41, 5.74) is -0.00347. The molecular weight excluding hydrogens is 300 g/mol. The highest BCUT2D eigenvalue weighted by Gasteiger charge is 2.14. The number of carbonyl (C=O) groups excluding carboxylic acids is 1. The van der Waals surface area contributed by atoms with E-state index in [1.165, 1.54) is 0 Å². The van der Waals surface area contributed by atoms with Crippen molar-refractivity contribution in [1.82, 2.24) is 0 Å². The molecule has 0 spiro atoms. The highest BCUT2D eigenvalue weighted by atomic mass is 32.1. The number of aromatic hydroxyl groups is 3. The van der Waals surface area contributed by atoms with Gasteiger partial charge in [0.15, 0.2) is 17.2 Å². The van der Waals surface area contributed by atoms with Gasteiger partial charge in [0.05, 0.1) is 24.9 Å². The van der Waals surface area contributed by atoms with E-state index in [0.717, 1.165) is 12.1 Å². The molecule has 0 heterocycles. The molecule has 1 rings (SSSR count). The molecule has 0 saturated carbocycles. The van der Waals surface area contributed by atoms with Gasteiger partial charge >= 0.3 is 5.97 Å². The fraction of sp³-hybridized carbons (Fsp3) is 0.462. The van der Waals surface area contributed by atoms with Gasteiger partial charge in [-0.3, -0.25) is 0 Å². The Balaban J connectivity index is 0.000000567. The van der Waals surface area contributed by atoms with Gasteiger partial charge in [0.1, 0.15) is 0 Å². The van der Waals surface area contributed by atoms with E-state index in [1.807, 2.05) is 6.92 Å². The quantitative estimate of drug-likeness (QED) is 0.267. The summed E-state index contributed by atoms with van der Waals surface area (Å²) < 4.78 is 4.78. The minimum atomic E-state index is -0.651. The molecule has 0 fully saturated rings. The molecule has 7 nitrogen and oxygen atoms in total. The summed E-state index contributed by atoms with van der Waals surface area (Å²) in [6.07, 6.45) is 0.0373. The van der Waals surface area contributed by atoms with Crippen LogP contribution in [0, 0.1) is 0 Å². The predicted molar refractivity (Wildman–Crippen MR) is 79.0 cm³/mol. The fourth-order valence-electron chi connectivity index (χ4n) is 1.06. The van der Waals surface area contributed by atoms with Crippen LogP contribution in [0.3, 0.4) is 0 Å². The molecule has 1 aromatic carbocycles. The van der Waals surface area contributed by atoms with Crippen LogP contribution in [0.4, 0.5) is 0 Å². The second kappa shape index (κ2) is 10.1. The highest BCUT2D eigenvalue weighted by Crippen LogP contribution is 2.35. The monoisotopic (exact) mass is 320 g/mol. The second-order valence-corrected chi connectivity index (χ2v) is 4.38. The number of aliphatic hydroxyl groups excluding tert-OH is 2. The maximum Gasteiger partial charge on any atom is 0.338 e. The maximum atomic E-state index is 11.3. The number of hydrogen-bond donors (Lipinski definition) is 6. The number of rotatable bonds is 5. The Morgan fingerprint density at radius 2 is 1.81 bits per heavy atom. The first-order chi connectivity index (χ1) is 9.87. The van der Waals surface area contributed by atoms with Crippen LogP contribution < -0.4 is 0 Å². The SMILES string of the molecule is CCCOC(=O)c1cc(O)c(O)c(O)c1.OCC(O)CS. The zero-order valence-corrected chi connectivity index (χ0v) is 12.5. The van der Waals surface area contributed by atoms with Gasteiger partial charge in [0.25, 0.3) is 0 Å². The molecule has 0 bridgehead atoms. The molecule has 21 heavy (non-hydrogen) atoms. The molecule has 8 heteroatoms. The van der Waals surface area contributed by atoms with Crippen LogP contribution >= 0.6 is 12.6 Å². The van der Waals surface area contributed by atoms with Crippen molar-refractivity contribution < 1.29 is 35.1 Å². The molecule has 0 aromatic heterocycles. The van der Waals surface area contributed by atoms with Crippen molar-refractivity contribution in [3.63, 3.8) is 0 Å². The standard InChI is InChI=1S/C10H12O5.C3H8O2S/c1-2-3-15-10(14)6-4-7(11)9(13)8(12)5-6;4-1-3(5)2-6/h4-5,11-13H,2-3H2,1H3;3-6H,1-2H2. The summed E-state index contributed by atoms with van der Waals surface area (Å²) >= 11 is 3.69. The van der Waals surface area contributed by atoms with Crippen molar-refractivity contribution in [3.05, 3.63) is 17.7 Å². The molecule has 0 radical (unpaired) electrons. The van der Waals surface area contributed by atoms with Gasteiger partial charge in [-0.25, -0.2) is 4.79 Å². The summed E-state index contributed by atoms with van der Waals surface area (Å²) in [5.74, 6) is -2.09. The van der Waals surface area contributed by atoms with Crippen molar-refractivity contribution >= 4 is 18.6 Å². The normalized spacial score (nSPS) is 11.2. The lowest BCUT2D eigenvalue weighted by Crippen LogP contribution is -2.12. The maximum absolute atomic E-state index is 11.3. The lowest BCUT2D eigenvalue weighted by molar-refractivity contribution is 0.0504. The largest absolute Gasteiger partial charge is 0.504 e. The van der Waals surface area contributed by atoms with Crippen LogP contribution in [0.25, 0.3) is 0 Å². The zero-order valence-electron chi connectivity index (χ0n) is 11.6. The van der Waals surface area contributed by atoms with Crippen LogP contribution in [0.15, 0.2) is 12.1 Å². The summed E-state index contributed by atoms with van der Waals surface area (Å²) in [5, 5.41) is 43.7. The minimum absolute atomic E-state index is 0.00347. The highest BCUT2D eigenvalue weighted by molar-refractivity contribution is 7.80. The predicted octanol–water partition coefficient (Wildman–Crippen LogP) is 0.640. The first kappa shape index (κ1) is 19.4. The van der Waals surface area contributed by atoms with Crippen molar-refractivity contribution in [2.24, 2.45) is 0 Å². The van der Waals surface area contributed by atoms with Gasteiger partial charge in [-0.15, -0.1) is 0 Å². The van der Waals surface area contributed by atoms with Gasteiger partial charge in [-0.1, -0.05) is 6.92 Å². The third-order valence-electron chi connectivity index (χ3n) is 2.16. The molecule has 0 saturated heterocycles. The average molecular weight is 320 g/mol. The number of ether oxygens (including phenoxy) is 1.